The molecule has 1 aromatic heterocycles. The fourth-order valence-corrected chi connectivity index (χ4v) is 4.09. The molecular formula is C22H20N2O4S2. The first-order valence-corrected chi connectivity index (χ1v) is 10.9. The number of carbonyl (C=O) groups excluding carboxylic acids is 2. The summed E-state index contributed by atoms with van der Waals surface area (Å²) in [6.45, 7) is 3.59. The van der Waals surface area contributed by atoms with Crippen molar-refractivity contribution in [2.45, 2.75) is 24.0 Å². The first kappa shape index (κ1) is 21.6. The lowest BCUT2D eigenvalue weighted by molar-refractivity contribution is -0.115. The number of rotatable bonds is 7. The lowest BCUT2D eigenvalue weighted by atomic mass is 10.1. The van der Waals surface area contributed by atoms with Gasteiger partial charge in [-0.25, -0.2) is 4.79 Å². The van der Waals surface area contributed by atoms with Gasteiger partial charge in [0.25, 0.3) is 5.91 Å². The maximum absolute atomic E-state index is 12.6. The van der Waals surface area contributed by atoms with Crippen molar-refractivity contribution in [2.24, 2.45) is 0 Å². The topological polar surface area (TPSA) is 95.5 Å². The molecule has 2 amide bonds. The number of thioether (sulfide) groups is 1. The quantitative estimate of drug-likeness (QED) is 0.443. The molecule has 3 rings (SSSR count). The largest absolute Gasteiger partial charge is 0.478 e. The van der Waals surface area contributed by atoms with Gasteiger partial charge in [0.2, 0.25) is 5.91 Å². The Bertz CT molecular complexity index is 1060. The van der Waals surface area contributed by atoms with Crippen LogP contribution >= 0.6 is 23.1 Å². The number of nitrogens with one attached hydrogen (secondary N) is 2. The molecule has 6 nitrogen and oxygen atoms in total. The van der Waals surface area contributed by atoms with Crippen molar-refractivity contribution >= 4 is 52.3 Å². The maximum Gasteiger partial charge on any atom is 0.335 e. The van der Waals surface area contributed by atoms with Crippen LogP contribution in [0.15, 0.2) is 64.9 Å². The van der Waals surface area contributed by atoms with E-state index in [0.717, 1.165) is 10.5 Å². The number of carboxylic acids is 1. The van der Waals surface area contributed by atoms with Gasteiger partial charge in [0, 0.05) is 16.3 Å². The Kier molecular flexibility index (Phi) is 6.91. The predicted molar refractivity (Wildman–Crippen MR) is 121 cm³/mol. The second-order valence-electron chi connectivity index (χ2n) is 6.54. The molecule has 3 N–H and O–H groups in total. The van der Waals surface area contributed by atoms with Crippen molar-refractivity contribution in [3.8, 4) is 0 Å². The highest BCUT2D eigenvalue weighted by Gasteiger charge is 2.17. The summed E-state index contributed by atoms with van der Waals surface area (Å²) in [6.07, 6.45) is 0. The Hall–Kier alpha value is -3.10. The van der Waals surface area contributed by atoms with Gasteiger partial charge < -0.3 is 15.7 Å². The van der Waals surface area contributed by atoms with Crippen molar-refractivity contribution in [1.29, 1.82) is 0 Å². The van der Waals surface area contributed by atoms with Crippen molar-refractivity contribution in [1.82, 2.24) is 0 Å². The second-order valence-corrected chi connectivity index (χ2v) is 8.90. The minimum absolute atomic E-state index is 0.122. The van der Waals surface area contributed by atoms with Crippen LogP contribution in [0.2, 0.25) is 0 Å². The molecule has 0 bridgehead atoms. The Morgan fingerprint density at radius 2 is 1.77 bits per heavy atom. The third-order valence-corrected chi connectivity index (χ3v) is 6.26. The van der Waals surface area contributed by atoms with Gasteiger partial charge in [0.15, 0.2) is 0 Å². The molecular weight excluding hydrogens is 420 g/mol. The van der Waals surface area contributed by atoms with Gasteiger partial charge in [-0.1, -0.05) is 12.1 Å². The van der Waals surface area contributed by atoms with Crippen LogP contribution < -0.4 is 10.6 Å². The molecule has 0 aliphatic carbocycles. The van der Waals surface area contributed by atoms with Crippen LogP contribution in [-0.2, 0) is 4.79 Å². The van der Waals surface area contributed by atoms with E-state index in [1.807, 2.05) is 30.5 Å². The fourth-order valence-electron chi connectivity index (χ4n) is 2.60. The van der Waals surface area contributed by atoms with Crippen LogP contribution in [0.4, 0.5) is 11.4 Å². The van der Waals surface area contributed by atoms with Crippen LogP contribution in [0.3, 0.4) is 0 Å². The van der Waals surface area contributed by atoms with Gasteiger partial charge in [-0.2, -0.15) is 0 Å². The zero-order valence-corrected chi connectivity index (χ0v) is 18.0. The van der Waals surface area contributed by atoms with E-state index in [0.29, 0.717) is 16.3 Å². The number of hydrogen-bond acceptors (Lipinski definition) is 5. The summed E-state index contributed by atoms with van der Waals surface area (Å²) >= 11 is 2.75. The summed E-state index contributed by atoms with van der Waals surface area (Å²) in [6, 6.07) is 15.5. The van der Waals surface area contributed by atoms with Crippen molar-refractivity contribution in [2.75, 3.05) is 10.6 Å². The Labute approximate surface area is 182 Å². The first-order chi connectivity index (χ1) is 14.3. The number of amides is 2. The van der Waals surface area contributed by atoms with Crippen molar-refractivity contribution < 1.29 is 19.5 Å². The standard InChI is InChI=1S/C22H20N2O4S2/c1-13-5-6-15(22(27)28)12-18(13)24-20(25)14(2)30-17-9-7-16(8-10-17)23-21(26)19-4-3-11-29-19/h3-12,14H,1-2H3,(H,23,26)(H,24,25)(H,27,28). The molecule has 30 heavy (non-hydrogen) atoms. The van der Waals surface area contributed by atoms with E-state index in [2.05, 4.69) is 10.6 Å². The van der Waals surface area contributed by atoms with Crippen molar-refractivity contribution in [3.63, 3.8) is 0 Å². The molecule has 3 aromatic rings. The molecule has 0 radical (unpaired) electrons. The zero-order valence-electron chi connectivity index (χ0n) is 16.3. The van der Waals surface area contributed by atoms with E-state index in [4.69, 9.17) is 5.11 Å². The van der Waals surface area contributed by atoms with E-state index >= 15 is 0 Å². The molecule has 0 saturated heterocycles. The van der Waals surface area contributed by atoms with Gasteiger partial charge in [-0.05, 0) is 67.3 Å². The van der Waals surface area contributed by atoms with Crippen LogP contribution in [0, 0.1) is 6.92 Å². The Morgan fingerprint density at radius 1 is 1.03 bits per heavy atom. The molecule has 8 heteroatoms. The van der Waals surface area contributed by atoms with Gasteiger partial charge in [-0.15, -0.1) is 23.1 Å². The van der Waals surface area contributed by atoms with Crippen molar-refractivity contribution in [3.05, 3.63) is 76.0 Å². The highest BCUT2D eigenvalue weighted by Crippen LogP contribution is 2.27. The molecule has 1 heterocycles. The highest BCUT2D eigenvalue weighted by molar-refractivity contribution is 8.00. The third-order valence-electron chi connectivity index (χ3n) is 4.28. The lowest BCUT2D eigenvalue weighted by Gasteiger charge is -2.14. The van der Waals surface area contributed by atoms with Crippen LogP contribution in [0.25, 0.3) is 0 Å². The lowest BCUT2D eigenvalue weighted by Crippen LogP contribution is -2.23. The van der Waals surface area contributed by atoms with Crippen LogP contribution in [0.5, 0.6) is 0 Å². The van der Waals surface area contributed by atoms with Gasteiger partial charge in [0.05, 0.1) is 15.7 Å². The molecule has 2 aromatic carbocycles. The van der Waals surface area contributed by atoms with E-state index < -0.39 is 11.2 Å². The van der Waals surface area contributed by atoms with Gasteiger partial charge >= 0.3 is 5.97 Å². The number of anilines is 2. The number of benzene rings is 2. The summed E-state index contributed by atoms with van der Waals surface area (Å²) in [5.74, 6) is -1.42. The summed E-state index contributed by atoms with van der Waals surface area (Å²) < 4.78 is 0. The summed E-state index contributed by atoms with van der Waals surface area (Å²) in [7, 11) is 0. The molecule has 0 aliphatic rings. The molecule has 154 valence electrons. The zero-order chi connectivity index (χ0) is 21.7. The van der Waals surface area contributed by atoms with Crippen LogP contribution in [0.1, 0.15) is 32.5 Å². The number of hydrogen-bond donors (Lipinski definition) is 3. The minimum atomic E-state index is -1.04. The summed E-state index contributed by atoms with van der Waals surface area (Å²) in [5, 5.41) is 16.2. The molecule has 0 fully saturated rings. The number of aromatic carboxylic acids is 1. The maximum atomic E-state index is 12.6. The van der Waals surface area contributed by atoms with E-state index in [1.165, 1.54) is 35.2 Å². The highest BCUT2D eigenvalue weighted by atomic mass is 32.2. The number of carbonyl (C=O) groups is 3. The normalized spacial score (nSPS) is 11.5. The monoisotopic (exact) mass is 440 g/mol. The summed E-state index contributed by atoms with van der Waals surface area (Å²) in [4.78, 5) is 37.3. The van der Waals surface area contributed by atoms with E-state index in [-0.39, 0.29) is 17.4 Å². The molecule has 1 unspecified atom stereocenters. The molecule has 0 aliphatic heterocycles. The van der Waals surface area contributed by atoms with Gasteiger partial charge in [-0.3, -0.25) is 9.59 Å². The minimum Gasteiger partial charge on any atom is -0.478 e. The van der Waals surface area contributed by atoms with Gasteiger partial charge in [0.1, 0.15) is 0 Å². The first-order valence-electron chi connectivity index (χ1n) is 9.10. The molecule has 0 saturated carbocycles. The summed E-state index contributed by atoms with van der Waals surface area (Å²) in [5.41, 5.74) is 2.07. The average Bonchev–Trinajstić information content (AvgIpc) is 3.26. The Balaban J connectivity index is 1.59. The second kappa shape index (κ2) is 9.60. The smallest absolute Gasteiger partial charge is 0.335 e. The Morgan fingerprint density at radius 3 is 2.40 bits per heavy atom. The van der Waals surface area contributed by atoms with E-state index in [1.54, 1.807) is 31.2 Å². The SMILES string of the molecule is Cc1ccc(C(=O)O)cc1NC(=O)C(C)Sc1ccc(NC(=O)c2cccs2)cc1. The average molecular weight is 441 g/mol. The number of aryl methyl sites for hydroxylation is 1. The molecule has 0 spiro atoms. The van der Waals surface area contributed by atoms with E-state index in [9.17, 15) is 14.4 Å². The number of thiophene rings is 1. The van der Waals surface area contributed by atoms with Crippen LogP contribution in [-0.4, -0.2) is 28.1 Å². The molecule has 1 atom stereocenters. The number of carboxylic acid groups (broad SMARTS) is 1. The fraction of sp³-hybridized carbons (Fsp3) is 0.136. The predicted octanol–water partition coefficient (Wildman–Crippen LogP) is 5.13. The third kappa shape index (κ3) is 5.49.